The van der Waals surface area contributed by atoms with Gasteiger partial charge in [0.05, 0.1) is 17.2 Å². The Labute approximate surface area is 185 Å². The number of imidazole rings is 1. The smallest absolute Gasteiger partial charge is 0.300 e. The first-order valence-corrected chi connectivity index (χ1v) is 11.4. The van der Waals surface area contributed by atoms with Crippen molar-refractivity contribution < 1.29 is 33.0 Å². The van der Waals surface area contributed by atoms with E-state index in [2.05, 4.69) is 10.1 Å². The van der Waals surface area contributed by atoms with E-state index in [4.69, 9.17) is 19.8 Å². The number of aromatic nitrogens is 3. The molecule has 2 aromatic rings. The first-order chi connectivity index (χ1) is 14.8. The predicted octanol–water partition coefficient (Wildman–Crippen LogP) is -0.290. The van der Waals surface area contributed by atoms with Gasteiger partial charge in [-0.15, -0.1) is 0 Å². The fourth-order valence-electron chi connectivity index (χ4n) is 3.87. The number of hydrogen-bond acceptors (Lipinski definition) is 8. The number of carboxylic acids is 2. The second-order valence-electron chi connectivity index (χ2n) is 7.75. The fourth-order valence-corrected chi connectivity index (χ4v) is 6.34. The molecular weight excluding hydrogens is 442 g/mol. The molecule has 0 aliphatic carbocycles. The van der Waals surface area contributed by atoms with Gasteiger partial charge in [0.15, 0.2) is 21.2 Å². The number of sulfone groups is 1. The van der Waals surface area contributed by atoms with Crippen molar-refractivity contribution in [3.63, 3.8) is 0 Å². The van der Waals surface area contributed by atoms with E-state index < -0.39 is 27.0 Å². The van der Waals surface area contributed by atoms with Gasteiger partial charge in [-0.25, -0.2) is 17.9 Å². The maximum absolute atomic E-state index is 12.9. The molecule has 3 atom stereocenters. The Morgan fingerprint density at radius 3 is 2.28 bits per heavy atom. The van der Waals surface area contributed by atoms with Crippen molar-refractivity contribution in [2.24, 2.45) is 5.92 Å². The SMILES string of the molecule is CC(=O)O.CC(=O)O.CN(C)[C@H]1CS(=O)(=O)[C@H]2CN(C(=O)c3cnc4cccnn34)C[C@@H]12. The molecule has 32 heavy (non-hydrogen) atoms. The summed E-state index contributed by atoms with van der Waals surface area (Å²) >= 11 is 0. The quantitative estimate of drug-likeness (QED) is 0.597. The standard InChI is InChI=1S/C15H19N5O3S.2C2H4O2/c1-18(2)12-9-24(22,23)13-8-19(7-10(12)13)15(21)11-6-16-14-4-3-5-17-20(11)14;2*1-2(3)4/h3-6,10,12-13H,7-9H2,1-2H3;2*1H3,(H,3,4)/t10-,12-,13-;;/m0../s1. The van der Waals surface area contributed by atoms with Gasteiger partial charge in [-0.05, 0) is 26.2 Å². The topological polar surface area (TPSA) is 162 Å². The second-order valence-corrected chi connectivity index (χ2v) is 10.0. The van der Waals surface area contributed by atoms with Crippen molar-refractivity contribution in [2.45, 2.75) is 25.1 Å². The molecule has 13 heteroatoms. The molecule has 0 unspecified atom stereocenters. The Kier molecular flexibility index (Phi) is 7.91. The van der Waals surface area contributed by atoms with Gasteiger partial charge < -0.3 is 20.0 Å². The summed E-state index contributed by atoms with van der Waals surface area (Å²) in [4.78, 5) is 38.6. The lowest BCUT2D eigenvalue weighted by Crippen LogP contribution is -2.39. The molecule has 12 nitrogen and oxygen atoms in total. The van der Waals surface area contributed by atoms with Crippen molar-refractivity contribution in [1.29, 1.82) is 0 Å². The van der Waals surface area contributed by atoms with Crippen LogP contribution in [0, 0.1) is 5.92 Å². The predicted molar refractivity (Wildman–Crippen MR) is 114 cm³/mol. The van der Waals surface area contributed by atoms with Crippen LogP contribution in [0.5, 0.6) is 0 Å². The number of aliphatic carboxylic acids is 2. The molecule has 4 heterocycles. The number of nitrogens with zero attached hydrogens (tertiary/aromatic N) is 5. The maximum atomic E-state index is 12.9. The number of hydrogen-bond donors (Lipinski definition) is 2. The number of amides is 1. The zero-order valence-electron chi connectivity index (χ0n) is 18.2. The summed E-state index contributed by atoms with van der Waals surface area (Å²) in [6.45, 7) is 2.86. The minimum Gasteiger partial charge on any atom is -0.481 e. The third-order valence-corrected chi connectivity index (χ3v) is 7.34. The lowest BCUT2D eigenvalue weighted by Gasteiger charge is -2.24. The van der Waals surface area contributed by atoms with Crippen molar-refractivity contribution in [3.05, 3.63) is 30.2 Å². The van der Waals surface area contributed by atoms with Crippen LogP contribution in [-0.4, -0.2) is 105 Å². The van der Waals surface area contributed by atoms with E-state index in [1.165, 1.54) is 10.7 Å². The molecule has 2 aromatic heterocycles. The summed E-state index contributed by atoms with van der Waals surface area (Å²) in [6, 6.07) is 3.48. The van der Waals surface area contributed by atoms with Crippen LogP contribution in [0.4, 0.5) is 0 Å². The zero-order chi connectivity index (χ0) is 24.2. The van der Waals surface area contributed by atoms with E-state index in [1.54, 1.807) is 23.2 Å². The highest BCUT2D eigenvalue weighted by Gasteiger charge is 2.53. The van der Waals surface area contributed by atoms with Crippen LogP contribution in [0.1, 0.15) is 24.3 Å². The fraction of sp³-hybridized carbons (Fsp3) is 0.526. The van der Waals surface area contributed by atoms with E-state index in [0.29, 0.717) is 17.9 Å². The van der Waals surface area contributed by atoms with E-state index in [1.807, 2.05) is 19.0 Å². The average molecular weight is 470 g/mol. The van der Waals surface area contributed by atoms with Crippen LogP contribution in [0.3, 0.4) is 0 Å². The van der Waals surface area contributed by atoms with Gasteiger partial charge in [0.25, 0.3) is 17.8 Å². The Bertz CT molecular complexity index is 1080. The Hall–Kier alpha value is -3.06. The number of rotatable bonds is 2. The average Bonchev–Trinajstić information content (AvgIpc) is 3.34. The Balaban J connectivity index is 0.000000395. The summed E-state index contributed by atoms with van der Waals surface area (Å²) in [7, 11) is 0.611. The second kappa shape index (κ2) is 10.0. The van der Waals surface area contributed by atoms with Gasteiger partial charge >= 0.3 is 0 Å². The van der Waals surface area contributed by atoms with Crippen LogP contribution in [0.2, 0.25) is 0 Å². The zero-order valence-corrected chi connectivity index (χ0v) is 19.1. The molecule has 2 aliphatic heterocycles. The lowest BCUT2D eigenvalue weighted by atomic mass is 10.00. The van der Waals surface area contributed by atoms with E-state index in [0.717, 1.165) is 13.8 Å². The molecule has 176 valence electrons. The van der Waals surface area contributed by atoms with Gasteiger partial charge in [-0.3, -0.25) is 14.4 Å². The van der Waals surface area contributed by atoms with Gasteiger partial charge in [-0.1, -0.05) is 0 Å². The van der Waals surface area contributed by atoms with Gasteiger partial charge in [0, 0.05) is 45.1 Å². The van der Waals surface area contributed by atoms with E-state index >= 15 is 0 Å². The molecule has 0 spiro atoms. The highest BCUT2D eigenvalue weighted by molar-refractivity contribution is 7.92. The third-order valence-electron chi connectivity index (χ3n) is 5.12. The third kappa shape index (κ3) is 5.79. The van der Waals surface area contributed by atoms with Gasteiger partial charge in [0.2, 0.25) is 0 Å². The van der Waals surface area contributed by atoms with Crippen molar-refractivity contribution in [3.8, 4) is 0 Å². The molecule has 4 rings (SSSR count). The molecule has 2 saturated heterocycles. The van der Waals surface area contributed by atoms with Crippen LogP contribution in [0.15, 0.2) is 24.5 Å². The summed E-state index contributed by atoms with van der Waals surface area (Å²) in [5.74, 6) is -1.75. The van der Waals surface area contributed by atoms with Crippen LogP contribution in [0.25, 0.3) is 5.65 Å². The molecule has 0 saturated carbocycles. The maximum Gasteiger partial charge on any atom is 0.300 e. The first kappa shape index (κ1) is 25.2. The van der Waals surface area contributed by atoms with Crippen LogP contribution >= 0.6 is 0 Å². The van der Waals surface area contributed by atoms with Gasteiger partial charge in [-0.2, -0.15) is 5.10 Å². The van der Waals surface area contributed by atoms with Crippen molar-refractivity contribution in [1.82, 2.24) is 24.4 Å². The Morgan fingerprint density at radius 1 is 1.12 bits per heavy atom. The largest absolute Gasteiger partial charge is 0.481 e. The summed E-state index contributed by atoms with van der Waals surface area (Å²) in [5.41, 5.74) is 0.961. The van der Waals surface area contributed by atoms with Crippen molar-refractivity contribution in [2.75, 3.05) is 32.9 Å². The normalized spacial score (nSPS) is 23.0. The molecule has 1 amide bonds. The molecule has 2 aliphatic rings. The highest BCUT2D eigenvalue weighted by Crippen LogP contribution is 2.36. The number of fused-ring (bicyclic) bond motifs is 2. The molecule has 0 bridgehead atoms. The van der Waals surface area contributed by atoms with Crippen LogP contribution in [-0.2, 0) is 19.4 Å². The summed E-state index contributed by atoms with van der Waals surface area (Å²) < 4.78 is 26.4. The number of carboxylic acid groups (broad SMARTS) is 2. The van der Waals surface area contributed by atoms with E-state index in [9.17, 15) is 13.2 Å². The van der Waals surface area contributed by atoms with E-state index in [-0.39, 0.29) is 30.2 Å². The molecular formula is C19H27N5O7S. The molecule has 0 radical (unpaired) electrons. The summed E-state index contributed by atoms with van der Waals surface area (Å²) in [6.07, 6.45) is 3.09. The lowest BCUT2D eigenvalue weighted by molar-refractivity contribution is -0.135. The summed E-state index contributed by atoms with van der Waals surface area (Å²) in [5, 5.41) is 18.5. The number of carbonyl (C=O) groups is 3. The highest BCUT2D eigenvalue weighted by atomic mass is 32.2. The molecule has 2 fully saturated rings. The van der Waals surface area contributed by atoms with Crippen LogP contribution < -0.4 is 0 Å². The van der Waals surface area contributed by atoms with Crippen molar-refractivity contribution >= 4 is 33.3 Å². The first-order valence-electron chi connectivity index (χ1n) is 9.70. The minimum atomic E-state index is -3.17. The number of carbonyl (C=O) groups excluding carboxylic acids is 1. The molecule has 2 N–H and O–H groups in total. The minimum absolute atomic E-state index is 0.0407. The number of likely N-dealkylation sites (tertiary alicyclic amines) is 1. The Morgan fingerprint density at radius 2 is 1.72 bits per heavy atom. The molecule has 0 aromatic carbocycles. The van der Waals surface area contributed by atoms with Gasteiger partial charge in [0.1, 0.15) is 0 Å². The monoisotopic (exact) mass is 469 g/mol.